The highest BCUT2D eigenvalue weighted by Crippen LogP contribution is 2.44. The maximum absolute atomic E-state index is 6.36. The molecular formula is C28H49N7O6Si2. The lowest BCUT2D eigenvalue weighted by Gasteiger charge is -2.42. The summed E-state index contributed by atoms with van der Waals surface area (Å²) in [5, 5.41) is 2.42. The van der Waals surface area contributed by atoms with Crippen LogP contribution in [0.2, 0.25) is 5.16 Å². The molecule has 0 aliphatic rings. The molecule has 5 N–H and O–H groups in total. The van der Waals surface area contributed by atoms with Crippen LogP contribution in [0.1, 0.15) is 48.0 Å². The molecule has 240 valence electrons. The van der Waals surface area contributed by atoms with E-state index in [4.69, 9.17) is 38.0 Å². The van der Waals surface area contributed by atoms with E-state index in [1.54, 1.807) is 41.5 Å². The minimum atomic E-state index is -4.00. The Kier molecular flexibility index (Phi) is 15.0. The van der Waals surface area contributed by atoms with Crippen LogP contribution < -0.4 is 21.7 Å². The van der Waals surface area contributed by atoms with Crippen molar-refractivity contribution in [3.63, 3.8) is 0 Å². The Bertz CT molecular complexity index is 1020. The van der Waals surface area contributed by atoms with E-state index in [9.17, 15) is 0 Å². The SMILES string of the molecule is C=C(C)O[Si](OC(=C)C)(OC(=C)C)C(CCNc1ncnc(N(CCN)CCN)n1)[Si](OC(=C)C)(OC(=C)C)OC(=C)C. The number of nitrogens with two attached hydrogens (primary N) is 2. The lowest BCUT2D eigenvalue weighted by molar-refractivity contribution is 0.0994. The molecule has 1 aromatic heterocycles. The molecule has 13 nitrogen and oxygen atoms in total. The van der Waals surface area contributed by atoms with Gasteiger partial charge >= 0.3 is 17.6 Å². The Hall–Kier alpha value is -3.80. The van der Waals surface area contributed by atoms with Crippen molar-refractivity contribution in [3.8, 4) is 0 Å². The Morgan fingerprint density at radius 1 is 0.721 bits per heavy atom. The first-order valence-corrected chi connectivity index (χ1v) is 17.3. The summed E-state index contributed by atoms with van der Waals surface area (Å²) in [6.07, 6.45) is 1.66. The third-order valence-electron chi connectivity index (χ3n) is 5.11. The molecule has 0 bridgehead atoms. The highest BCUT2D eigenvalue weighted by Gasteiger charge is 2.75. The zero-order valence-corrected chi connectivity index (χ0v) is 28.5. The van der Waals surface area contributed by atoms with Crippen molar-refractivity contribution in [3.05, 3.63) is 80.4 Å². The fourth-order valence-corrected chi connectivity index (χ4v) is 11.9. The fraction of sp³-hybridized carbons (Fsp3) is 0.464. The van der Waals surface area contributed by atoms with E-state index in [-0.39, 0.29) is 13.0 Å². The van der Waals surface area contributed by atoms with Gasteiger partial charge in [0.05, 0.1) is 34.6 Å². The molecule has 0 fully saturated rings. The van der Waals surface area contributed by atoms with Gasteiger partial charge in [-0.1, -0.05) is 39.5 Å². The van der Waals surface area contributed by atoms with Crippen LogP contribution in [-0.4, -0.2) is 65.3 Å². The molecule has 1 aromatic rings. The summed E-state index contributed by atoms with van der Waals surface area (Å²) in [6, 6.07) is 0. The maximum Gasteiger partial charge on any atom is 0.710 e. The molecule has 0 aromatic carbocycles. The third kappa shape index (κ3) is 12.1. The van der Waals surface area contributed by atoms with Crippen LogP contribution in [-0.2, 0) is 26.6 Å². The molecule has 43 heavy (non-hydrogen) atoms. The minimum Gasteiger partial charge on any atom is -0.488 e. The highest BCUT2D eigenvalue weighted by molar-refractivity contribution is 6.83. The number of rotatable bonds is 23. The van der Waals surface area contributed by atoms with Crippen molar-refractivity contribution in [2.45, 2.75) is 53.1 Å². The lowest BCUT2D eigenvalue weighted by atomic mass is 10.4. The van der Waals surface area contributed by atoms with E-state index in [1.807, 2.05) is 4.90 Å². The average Bonchev–Trinajstić information content (AvgIpc) is 2.83. The van der Waals surface area contributed by atoms with Crippen LogP contribution in [0, 0.1) is 0 Å². The summed E-state index contributed by atoms with van der Waals surface area (Å²) in [6.45, 7) is 36.0. The molecule has 0 saturated carbocycles. The second-order valence-corrected chi connectivity index (χ2v) is 15.6. The number of nitrogens with one attached hydrogen (secondary N) is 1. The van der Waals surface area contributed by atoms with Crippen LogP contribution in [0.25, 0.3) is 0 Å². The number of allylic oxidation sites excluding steroid dienone is 6. The van der Waals surface area contributed by atoms with Gasteiger partial charge in [0.1, 0.15) is 6.33 Å². The van der Waals surface area contributed by atoms with E-state index < -0.39 is 22.8 Å². The highest BCUT2D eigenvalue weighted by atomic mass is 28.5. The summed E-state index contributed by atoms with van der Waals surface area (Å²) < 4.78 is 38.2. The molecule has 0 aliphatic carbocycles. The van der Waals surface area contributed by atoms with Gasteiger partial charge in [-0.3, -0.25) is 0 Å². The molecule has 15 heteroatoms. The predicted molar refractivity (Wildman–Crippen MR) is 174 cm³/mol. The molecule has 1 heterocycles. The first-order chi connectivity index (χ1) is 20.1. The predicted octanol–water partition coefficient (Wildman–Crippen LogP) is 4.49. The van der Waals surface area contributed by atoms with Gasteiger partial charge in [0.2, 0.25) is 11.9 Å². The second-order valence-electron chi connectivity index (χ2n) is 9.97. The number of hydrogen-bond donors (Lipinski definition) is 3. The standard InChI is InChI=1S/C28H49N7O6Si2/c1-20(2)36-42(37-21(3)4,38-22(5)6)26(43(39-23(7)8,40-24(9)10)41-25(11)12)13-16-31-27-32-19-33-28(34-27)35(17-14-29)18-15-30/h19,26H,1,3,5,7,9,11,13-18,29-30H2,2,4,6,8,10,12H3,(H,31,32,33,34). The summed E-state index contributed by atoms with van der Waals surface area (Å²) in [7, 11) is -8.01. The van der Waals surface area contributed by atoms with Gasteiger partial charge in [-0.05, 0) is 48.0 Å². The van der Waals surface area contributed by atoms with E-state index in [0.717, 1.165) is 0 Å². The zero-order valence-electron chi connectivity index (χ0n) is 26.5. The zero-order chi connectivity index (χ0) is 32.8. The van der Waals surface area contributed by atoms with Crippen LogP contribution >= 0.6 is 0 Å². The van der Waals surface area contributed by atoms with E-state index in [0.29, 0.717) is 72.6 Å². The van der Waals surface area contributed by atoms with Gasteiger partial charge < -0.3 is 48.2 Å². The number of hydrogen-bond acceptors (Lipinski definition) is 13. The lowest BCUT2D eigenvalue weighted by Crippen LogP contribution is -2.63. The molecule has 0 spiro atoms. The number of anilines is 2. The van der Waals surface area contributed by atoms with Gasteiger partial charge in [-0.15, -0.1) is 0 Å². The Morgan fingerprint density at radius 3 is 1.42 bits per heavy atom. The number of nitrogens with zero attached hydrogens (tertiary/aromatic N) is 4. The van der Waals surface area contributed by atoms with Crippen molar-refractivity contribution in [1.82, 2.24) is 15.0 Å². The van der Waals surface area contributed by atoms with Gasteiger partial charge in [0.15, 0.2) is 5.16 Å². The first-order valence-electron chi connectivity index (χ1n) is 13.7. The molecular weight excluding hydrogens is 587 g/mol. The maximum atomic E-state index is 6.36. The second kappa shape index (κ2) is 17.4. The van der Waals surface area contributed by atoms with E-state index >= 15 is 0 Å². The molecule has 0 saturated heterocycles. The van der Waals surface area contributed by atoms with Gasteiger partial charge in [-0.2, -0.15) is 4.98 Å². The van der Waals surface area contributed by atoms with Crippen molar-refractivity contribution >= 4 is 29.5 Å². The average molecular weight is 636 g/mol. The monoisotopic (exact) mass is 635 g/mol. The Labute approximate surface area is 258 Å². The summed E-state index contributed by atoms with van der Waals surface area (Å²) in [5.41, 5.74) is 11.5. The quantitative estimate of drug-likeness (QED) is 0.114. The molecule has 1 rings (SSSR count). The normalized spacial score (nSPS) is 11.2. The topological polar surface area (TPSA) is 161 Å². The number of aromatic nitrogens is 3. The Morgan fingerprint density at radius 2 is 1.09 bits per heavy atom. The van der Waals surface area contributed by atoms with Crippen molar-refractivity contribution < 1.29 is 26.6 Å². The van der Waals surface area contributed by atoms with E-state index in [2.05, 4.69) is 59.7 Å². The minimum absolute atomic E-state index is 0.246. The van der Waals surface area contributed by atoms with Crippen molar-refractivity contribution in [2.24, 2.45) is 11.5 Å². The fourth-order valence-electron chi connectivity index (χ4n) is 4.06. The van der Waals surface area contributed by atoms with Gasteiger partial charge in [0.25, 0.3) is 0 Å². The van der Waals surface area contributed by atoms with Crippen molar-refractivity contribution in [1.29, 1.82) is 0 Å². The molecule has 0 amide bonds. The molecule has 0 atom stereocenters. The van der Waals surface area contributed by atoms with Crippen LogP contribution in [0.3, 0.4) is 0 Å². The van der Waals surface area contributed by atoms with E-state index in [1.165, 1.54) is 6.33 Å². The molecule has 0 radical (unpaired) electrons. The molecule has 0 unspecified atom stereocenters. The summed E-state index contributed by atoms with van der Waals surface area (Å²) >= 11 is 0. The molecule has 0 aliphatic heterocycles. The smallest absolute Gasteiger partial charge is 0.488 e. The van der Waals surface area contributed by atoms with Crippen LogP contribution in [0.15, 0.2) is 80.4 Å². The summed E-state index contributed by atoms with van der Waals surface area (Å²) in [4.78, 5) is 15.0. The van der Waals surface area contributed by atoms with Crippen molar-refractivity contribution in [2.75, 3.05) is 42.9 Å². The Balaban J connectivity index is 3.78. The van der Waals surface area contributed by atoms with Gasteiger partial charge in [0, 0.05) is 32.7 Å². The summed E-state index contributed by atoms with van der Waals surface area (Å²) in [5.74, 6) is 2.76. The largest absolute Gasteiger partial charge is 0.710 e. The third-order valence-corrected chi connectivity index (χ3v) is 13.3. The van der Waals surface area contributed by atoms with Crippen LogP contribution in [0.4, 0.5) is 11.9 Å². The van der Waals surface area contributed by atoms with Gasteiger partial charge in [-0.25, -0.2) is 9.97 Å². The van der Waals surface area contributed by atoms with Crippen LogP contribution in [0.5, 0.6) is 0 Å². The first kappa shape index (κ1) is 37.2.